The van der Waals surface area contributed by atoms with Gasteiger partial charge in [-0.25, -0.2) is 4.98 Å². The highest BCUT2D eigenvalue weighted by Gasteiger charge is 2.31. The van der Waals surface area contributed by atoms with Crippen LogP contribution in [0.4, 0.5) is 0 Å². The zero-order chi connectivity index (χ0) is 17.8. The number of carbonyl (C=O) groups excluding carboxylic acids is 2. The molecule has 0 bridgehead atoms. The lowest BCUT2D eigenvalue weighted by Crippen LogP contribution is -2.49. The Morgan fingerprint density at radius 3 is 2.96 bits per heavy atom. The number of hydrogen-bond donors (Lipinski definition) is 1. The fourth-order valence-corrected chi connectivity index (χ4v) is 3.38. The number of aromatic nitrogens is 2. The van der Waals surface area contributed by atoms with Gasteiger partial charge in [0.15, 0.2) is 0 Å². The summed E-state index contributed by atoms with van der Waals surface area (Å²) in [4.78, 5) is 47.0. The maximum atomic E-state index is 12.8. The third-order valence-electron chi connectivity index (χ3n) is 4.67. The van der Waals surface area contributed by atoms with E-state index in [0.29, 0.717) is 44.2 Å². The number of nitrogens with one attached hydrogen (secondary N) is 1. The van der Waals surface area contributed by atoms with Crippen molar-refractivity contribution < 1.29 is 14.3 Å². The molecule has 3 heterocycles. The van der Waals surface area contributed by atoms with Crippen LogP contribution in [0, 0.1) is 6.92 Å². The van der Waals surface area contributed by atoms with Crippen molar-refractivity contribution in [1.29, 1.82) is 0 Å². The van der Waals surface area contributed by atoms with E-state index in [0.717, 1.165) is 19.3 Å². The monoisotopic (exact) mass is 348 g/mol. The molecule has 2 amide bonds. The number of carbonyl (C=O) groups is 2. The Labute approximate surface area is 146 Å². The van der Waals surface area contributed by atoms with E-state index in [1.807, 2.05) is 0 Å². The average molecular weight is 348 g/mol. The minimum Gasteiger partial charge on any atom is -0.377 e. The molecule has 0 radical (unpaired) electrons. The van der Waals surface area contributed by atoms with E-state index in [4.69, 9.17) is 4.74 Å². The summed E-state index contributed by atoms with van der Waals surface area (Å²) in [6.07, 6.45) is 3.35. The SMILES string of the molecule is Cc1nc([C@H]2COCCN2C(=O)CN2CCCCCC2=O)cc(=O)[nH]1. The molecule has 8 nitrogen and oxygen atoms in total. The molecule has 2 aliphatic heterocycles. The number of ether oxygens (including phenoxy) is 1. The highest BCUT2D eigenvalue weighted by Crippen LogP contribution is 2.22. The molecule has 1 aromatic heterocycles. The van der Waals surface area contributed by atoms with Crippen molar-refractivity contribution in [3.05, 3.63) is 27.9 Å². The van der Waals surface area contributed by atoms with Crippen LogP contribution in [0.3, 0.4) is 0 Å². The van der Waals surface area contributed by atoms with Crippen LogP contribution in [-0.2, 0) is 14.3 Å². The first-order valence-corrected chi connectivity index (χ1v) is 8.77. The molecule has 2 fully saturated rings. The molecular weight excluding hydrogens is 324 g/mol. The summed E-state index contributed by atoms with van der Waals surface area (Å²) in [6, 6.07) is 1.01. The van der Waals surface area contributed by atoms with Crippen molar-refractivity contribution in [2.45, 2.75) is 38.6 Å². The molecule has 0 aromatic carbocycles. The van der Waals surface area contributed by atoms with E-state index in [1.54, 1.807) is 16.7 Å². The Morgan fingerprint density at radius 1 is 1.32 bits per heavy atom. The zero-order valence-corrected chi connectivity index (χ0v) is 14.5. The van der Waals surface area contributed by atoms with Gasteiger partial charge in [0.2, 0.25) is 11.8 Å². The molecule has 1 atom stereocenters. The van der Waals surface area contributed by atoms with Crippen LogP contribution >= 0.6 is 0 Å². The molecule has 0 aliphatic carbocycles. The normalized spacial score (nSPS) is 22.0. The number of morpholine rings is 1. The lowest BCUT2D eigenvalue weighted by atomic mass is 10.1. The Morgan fingerprint density at radius 2 is 2.16 bits per heavy atom. The van der Waals surface area contributed by atoms with Crippen molar-refractivity contribution in [1.82, 2.24) is 19.8 Å². The maximum absolute atomic E-state index is 12.8. The summed E-state index contributed by atoms with van der Waals surface area (Å²) in [6.45, 7) is 3.59. The second-order valence-corrected chi connectivity index (χ2v) is 6.56. The van der Waals surface area contributed by atoms with Gasteiger partial charge in [-0.15, -0.1) is 0 Å². The summed E-state index contributed by atoms with van der Waals surface area (Å²) in [5.74, 6) is 0.423. The van der Waals surface area contributed by atoms with E-state index in [-0.39, 0.29) is 23.9 Å². The van der Waals surface area contributed by atoms with Crippen molar-refractivity contribution >= 4 is 11.8 Å². The number of aryl methyl sites for hydroxylation is 1. The van der Waals surface area contributed by atoms with Crippen LogP contribution in [0.25, 0.3) is 0 Å². The van der Waals surface area contributed by atoms with Gasteiger partial charge in [0.25, 0.3) is 5.56 Å². The van der Waals surface area contributed by atoms with E-state index in [2.05, 4.69) is 9.97 Å². The van der Waals surface area contributed by atoms with Gasteiger partial charge >= 0.3 is 0 Å². The van der Waals surface area contributed by atoms with Gasteiger partial charge in [-0.1, -0.05) is 6.42 Å². The number of nitrogens with zero attached hydrogens (tertiary/aromatic N) is 3. The van der Waals surface area contributed by atoms with Crippen molar-refractivity contribution in [2.24, 2.45) is 0 Å². The first-order chi connectivity index (χ1) is 12.0. The number of likely N-dealkylation sites (tertiary alicyclic amines) is 1. The Bertz CT molecular complexity index is 702. The number of H-pyrrole nitrogens is 1. The topological polar surface area (TPSA) is 95.6 Å². The van der Waals surface area contributed by atoms with Crippen LogP contribution in [0.15, 0.2) is 10.9 Å². The standard InChI is InChI=1S/C17H24N4O4/c1-12-18-13(9-15(22)19-12)14-11-25-8-7-21(14)17(24)10-20-6-4-2-3-5-16(20)23/h9,14H,2-8,10-11H2,1H3,(H,18,19,22)/t14-/m1/s1. The molecule has 0 spiro atoms. The highest BCUT2D eigenvalue weighted by atomic mass is 16.5. The van der Waals surface area contributed by atoms with E-state index in [1.165, 1.54) is 6.07 Å². The third-order valence-corrected chi connectivity index (χ3v) is 4.67. The molecule has 25 heavy (non-hydrogen) atoms. The van der Waals surface area contributed by atoms with Crippen LogP contribution < -0.4 is 5.56 Å². The second-order valence-electron chi connectivity index (χ2n) is 6.56. The van der Waals surface area contributed by atoms with Crippen LogP contribution in [0.5, 0.6) is 0 Å². The Hall–Kier alpha value is -2.22. The quantitative estimate of drug-likeness (QED) is 0.852. The molecule has 2 aliphatic rings. The molecule has 1 aromatic rings. The molecule has 8 heteroatoms. The minimum absolute atomic E-state index is 0.0424. The average Bonchev–Trinajstić information content (AvgIpc) is 2.78. The largest absolute Gasteiger partial charge is 0.377 e. The number of rotatable bonds is 3. The van der Waals surface area contributed by atoms with Crippen LogP contribution in [0.1, 0.15) is 43.2 Å². The predicted octanol–water partition coefficient (Wildman–Crippen LogP) is 0.381. The maximum Gasteiger partial charge on any atom is 0.251 e. The minimum atomic E-state index is -0.399. The van der Waals surface area contributed by atoms with Gasteiger partial charge in [-0.05, 0) is 19.8 Å². The van der Waals surface area contributed by atoms with Crippen molar-refractivity contribution in [3.63, 3.8) is 0 Å². The van der Waals surface area contributed by atoms with Gasteiger partial charge in [-0.3, -0.25) is 14.4 Å². The second kappa shape index (κ2) is 7.77. The third kappa shape index (κ3) is 4.25. The molecule has 3 rings (SSSR count). The summed E-state index contributed by atoms with van der Waals surface area (Å²) in [7, 11) is 0. The number of amides is 2. The van der Waals surface area contributed by atoms with Gasteiger partial charge in [0.1, 0.15) is 5.82 Å². The van der Waals surface area contributed by atoms with E-state index >= 15 is 0 Å². The number of hydrogen-bond acceptors (Lipinski definition) is 5. The molecule has 0 unspecified atom stereocenters. The van der Waals surface area contributed by atoms with Gasteiger partial charge in [0, 0.05) is 25.6 Å². The fourth-order valence-electron chi connectivity index (χ4n) is 3.38. The molecule has 136 valence electrons. The first kappa shape index (κ1) is 17.6. The smallest absolute Gasteiger partial charge is 0.251 e. The first-order valence-electron chi connectivity index (χ1n) is 8.77. The molecule has 1 N–H and O–H groups in total. The van der Waals surface area contributed by atoms with Crippen molar-refractivity contribution in [2.75, 3.05) is 32.8 Å². The van der Waals surface area contributed by atoms with Gasteiger partial charge < -0.3 is 19.5 Å². The lowest BCUT2D eigenvalue weighted by molar-refractivity contribution is -0.146. The molecular formula is C17H24N4O4. The van der Waals surface area contributed by atoms with Crippen LogP contribution in [0.2, 0.25) is 0 Å². The molecule has 2 saturated heterocycles. The lowest BCUT2D eigenvalue weighted by Gasteiger charge is -2.36. The van der Waals surface area contributed by atoms with E-state index in [9.17, 15) is 14.4 Å². The Kier molecular flexibility index (Phi) is 5.47. The zero-order valence-electron chi connectivity index (χ0n) is 14.5. The van der Waals surface area contributed by atoms with Crippen molar-refractivity contribution in [3.8, 4) is 0 Å². The fraction of sp³-hybridized carbons (Fsp3) is 0.647. The summed E-state index contributed by atoms with van der Waals surface area (Å²) in [5.41, 5.74) is 0.277. The van der Waals surface area contributed by atoms with E-state index < -0.39 is 6.04 Å². The van der Waals surface area contributed by atoms with Gasteiger partial charge in [0.05, 0.1) is 31.5 Å². The summed E-state index contributed by atoms with van der Waals surface area (Å²) >= 11 is 0. The summed E-state index contributed by atoms with van der Waals surface area (Å²) in [5, 5.41) is 0. The predicted molar refractivity (Wildman–Crippen MR) is 89.9 cm³/mol. The number of aromatic amines is 1. The van der Waals surface area contributed by atoms with Crippen LogP contribution in [-0.4, -0.2) is 64.4 Å². The Balaban J connectivity index is 1.76. The highest BCUT2D eigenvalue weighted by molar-refractivity contribution is 5.85. The van der Waals surface area contributed by atoms with Gasteiger partial charge in [-0.2, -0.15) is 0 Å². The summed E-state index contributed by atoms with van der Waals surface area (Å²) < 4.78 is 5.50. The molecule has 0 saturated carbocycles.